The summed E-state index contributed by atoms with van der Waals surface area (Å²) in [6.07, 6.45) is 1.72. The number of oxazole rings is 1. The second-order valence-electron chi connectivity index (χ2n) is 7.59. The molecule has 3 heterocycles. The van der Waals surface area contributed by atoms with E-state index in [0.717, 1.165) is 43.9 Å². The summed E-state index contributed by atoms with van der Waals surface area (Å²) in [6, 6.07) is 21.7. The summed E-state index contributed by atoms with van der Waals surface area (Å²) in [7, 11) is 0. The second kappa shape index (κ2) is 8.88. The molecule has 0 unspecified atom stereocenters. The fourth-order valence-corrected chi connectivity index (χ4v) is 4.64. The van der Waals surface area contributed by atoms with Gasteiger partial charge in [0, 0.05) is 48.7 Å². The molecule has 0 bridgehead atoms. The lowest BCUT2D eigenvalue weighted by molar-refractivity contribution is 0.0630. The Kier molecular flexibility index (Phi) is 5.65. The van der Waals surface area contributed by atoms with E-state index in [1.807, 2.05) is 59.5 Å². The van der Waals surface area contributed by atoms with Gasteiger partial charge < -0.3 is 9.32 Å². The molecular weight excluding hydrogens is 406 g/mol. The molecule has 5 rings (SSSR count). The predicted molar refractivity (Wildman–Crippen MR) is 123 cm³/mol. The largest absolute Gasteiger partial charge is 0.436 e. The average molecular weight is 430 g/mol. The summed E-state index contributed by atoms with van der Waals surface area (Å²) in [5.41, 5.74) is 2.33. The van der Waals surface area contributed by atoms with Crippen molar-refractivity contribution >= 4 is 17.2 Å². The van der Waals surface area contributed by atoms with Gasteiger partial charge in [-0.2, -0.15) is 0 Å². The number of piperazine rings is 1. The topological polar surface area (TPSA) is 49.6 Å². The lowest BCUT2D eigenvalue weighted by atomic mass is 10.1. The van der Waals surface area contributed by atoms with E-state index in [-0.39, 0.29) is 5.91 Å². The van der Waals surface area contributed by atoms with Crippen LogP contribution in [-0.2, 0) is 6.54 Å². The van der Waals surface area contributed by atoms with Crippen LogP contribution in [0.25, 0.3) is 22.8 Å². The minimum absolute atomic E-state index is 0.0332. The third-order valence-electron chi connectivity index (χ3n) is 5.57. The molecule has 1 aliphatic rings. The zero-order chi connectivity index (χ0) is 21.0. The van der Waals surface area contributed by atoms with Crippen molar-refractivity contribution in [3.8, 4) is 22.8 Å². The minimum atomic E-state index is 0.0332. The third kappa shape index (κ3) is 4.31. The summed E-state index contributed by atoms with van der Waals surface area (Å²) >= 11 is 1.78. The number of carbonyl (C=O) groups is 1. The van der Waals surface area contributed by atoms with Gasteiger partial charge in [0.15, 0.2) is 5.76 Å². The summed E-state index contributed by atoms with van der Waals surface area (Å²) in [5.74, 6) is 1.20. The molecule has 4 aromatic rings. The highest BCUT2D eigenvalue weighted by atomic mass is 32.1. The van der Waals surface area contributed by atoms with Gasteiger partial charge in [0.2, 0.25) is 5.89 Å². The summed E-state index contributed by atoms with van der Waals surface area (Å²) in [5, 5.41) is 2.11. The van der Waals surface area contributed by atoms with Gasteiger partial charge in [-0.15, -0.1) is 11.3 Å². The molecule has 5 nitrogen and oxygen atoms in total. The van der Waals surface area contributed by atoms with Crippen molar-refractivity contribution in [1.29, 1.82) is 0 Å². The number of hydrogen-bond donors (Lipinski definition) is 0. The van der Waals surface area contributed by atoms with Crippen molar-refractivity contribution < 1.29 is 9.21 Å². The van der Waals surface area contributed by atoms with Crippen LogP contribution in [0.4, 0.5) is 0 Å². The Morgan fingerprint density at radius 3 is 2.48 bits per heavy atom. The van der Waals surface area contributed by atoms with Crippen molar-refractivity contribution in [2.24, 2.45) is 0 Å². The van der Waals surface area contributed by atoms with Crippen molar-refractivity contribution in [2.45, 2.75) is 6.54 Å². The molecule has 0 spiro atoms. The Morgan fingerprint density at radius 2 is 1.71 bits per heavy atom. The first-order valence-corrected chi connectivity index (χ1v) is 11.3. The van der Waals surface area contributed by atoms with Gasteiger partial charge in [-0.25, -0.2) is 4.98 Å². The first kappa shape index (κ1) is 19.7. The van der Waals surface area contributed by atoms with Crippen molar-refractivity contribution in [1.82, 2.24) is 14.8 Å². The Morgan fingerprint density at radius 1 is 0.935 bits per heavy atom. The van der Waals surface area contributed by atoms with Gasteiger partial charge in [0.25, 0.3) is 5.91 Å². The van der Waals surface area contributed by atoms with E-state index in [2.05, 4.69) is 27.4 Å². The molecule has 0 N–H and O–H groups in total. The number of nitrogens with zero attached hydrogens (tertiary/aromatic N) is 3. The molecule has 1 fully saturated rings. The Hall–Kier alpha value is -3.22. The number of carbonyl (C=O) groups excluding carboxylic acids is 1. The molecule has 1 saturated heterocycles. The van der Waals surface area contributed by atoms with Gasteiger partial charge in [-0.3, -0.25) is 9.69 Å². The Bertz CT molecular complexity index is 1150. The van der Waals surface area contributed by atoms with Crippen LogP contribution < -0.4 is 0 Å². The van der Waals surface area contributed by atoms with E-state index in [1.54, 1.807) is 17.5 Å². The highest BCUT2D eigenvalue weighted by Gasteiger charge is 2.25. The number of thiophene rings is 1. The molecular formula is C25H23N3O2S. The maximum absolute atomic E-state index is 13.3. The maximum atomic E-state index is 13.3. The molecule has 156 valence electrons. The lowest BCUT2D eigenvalue weighted by Gasteiger charge is -2.34. The highest BCUT2D eigenvalue weighted by molar-refractivity contribution is 7.09. The average Bonchev–Trinajstić information content (AvgIpc) is 3.52. The predicted octanol–water partition coefficient (Wildman–Crippen LogP) is 5.03. The monoisotopic (exact) mass is 429 g/mol. The third-order valence-corrected chi connectivity index (χ3v) is 6.43. The molecule has 0 radical (unpaired) electrons. The van der Waals surface area contributed by atoms with Gasteiger partial charge in [-0.05, 0) is 23.6 Å². The Balaban J connectivity index is 1.32. The van der Waals surface area contributed by atoms with Crippen LogP contribution >= 0.6 is 11.3 Å². The number of aromatic nitrogens is 1. The van der Waals surface area contributed by atoms with E-state index in [4.69, 9.17) is 4.42 Å². The van der Waals surface area contributed by atoms with E-state index in [0.29, 0.717) is 17.2 Å². The van der Waals surface area contributed by atoms with Crippen molar-refractivity contribution in [3.63, 3.8) is 0 Å². The summed E-state index contributed by atoms with van der Waals surface area (Å²) < 4.78 is 6.02. The highest BCUT2D eigenvalue weighted by Crippen LogP contribution is 2.29. The van der Waals surface area contributed by atoms with Crippen LogP contribution in [0.5, 0.6) is 0 Å². The zero-order valence-electron chi connectivity index (χ0n) is 17.1. The molecule has 0 atom stereocenters. The van der Waals surface area contributed by atoms with E-state index in [1.165, 1.54) is 4.88 Å². The quantitative estimate of drug-likeness (QED) is 0.447. The van der Waals surface area contributed by atoms with Gasteiger partial charge in [0.1, 0.15) is 0 Å². The second-order valence-corrected chi connectivity index (χ2v) is 8.62. The number of hydrogen-bond acceptors (Lipinski definition) is 5. The SMILES string of the molecule is O=C(c1ccccc1-c1ncc(-c2ccccc2)o1)N1CCN(Cc2cccs2)CC1. The first-order valence-electron chi connectivity index (χ1n) is 10.4. The number of rotatable bonds is 5. The van der Waals surface area contributed by atoms with E-state index in [9.17, 15) is 4.79 Å². The van der Waals surface area contributed by atoms with E-state index < -0.39 is 0 Å². The zero-order valence-corrected chi connectivity index (χ0v) is 17.9. The molecule has 31 heavy (non-hydrogen) atoms. The van der Waals surface area contributed by atoms with Gasteiger partial charge >= 0.3 is 0 Å². The van der Waals surface area contributed by atoms with Gasteiger partial charge in [-0.1, -0.05) is 48.5 Å². The molecule has 2 aromatic carbocycles. The lowest BCUT2D eigenvalue weighted by Crippen LogP contribution is -2.48. The first-order chi connectivity index (χ1) is 15.3. The van der Waals surface area contributed by atoms with Crippen LogP contribution in [0, 0.1) is 0 Å². The van der Waals surface area contributed by atoms with Crippen LogP contribution in [0.3, 0.4) is 0 Å². The van der Waals surface area contributed by atoms with Gasteiger partial charge in [0.05, 0.1) is 11.8 Å². The molecule has 0 saturated carbocycles. The fraction of sp³-hybridized carbons (Fsp3) is 0.200. The smallest absolute Gasteiger partial charge is 0.254 e. The molecule has 2 aromatic heterocycles. The fourth-order valence-electron chi connectivity index (χ4n) is 3.89. The number of benzene rings is 2. The number of amides is 1. The summed E-state index contributed by atoms with van der Waals surface area (Å²) in [6.45, 7) is 4.15. The minimum Gasteiger partial charge on any atom is -0.436 e. The molecule has 1 amide bonds. The summed E-state index contributed by atoms with van der Waals surface area (Å²) in [4.78, 5) is 23.5. The molecule has 6 heteroatoms. The standard InChI is InChI=1S/C25H23N3O2S/c29-25(28-14-12-27(13-15-28)18-20-9-6-16-31-20)22-11-5-4-10-21(22)24-26-17-23(30-24)19-7-2-1-3-8-19/h1-11,16-17H,12-15,18H2. The maximum Gasteiger partial charge on any atom is 0.254 e. The van der Waals surface area contributed by atoms with Crippen LogP contribution in [0.15, 0.2) is 82.7 Å². The molecule has 1 aliphatic heterocycles. The Labute approximate surface area is 185 Å². The van der Waals surface area contributed by atoms with Crippen LogP contribution in [0.2, 0.25) is 0 Å². The van der Waals surface area contributed by atoms with Crippen LogP contribution in [0.1, 0.15) is 15.2 Å². The van der Waals surface area contributed by atoms with E-state index >= 15 is 0 Å². The molecule has 0 aliphatic carbocycles. The normalized spacial score (nSPS) is 14.6. The van der Waals surface area contributed by atoms with Crippen LogP contribution in [-0.4, -0.2) is 46.9 Å². The van der Waals surface area contributed by atoms with Crippen molar-refractivity contribution in [3.05, 3.63) is 88.7 Å². The van der Waals surface area contributed by atoms with Crippen molar-refractivity contribution in [2.75, 3.05) is 26.2 Å².